The first-order valence-electron chi connectivity index (χ1n) is 8.47. The van der Waals surface area contributed by atoms with Crippen molar-refractivity contribution < 1.29 is 14.7 Å². The smallest absolute Gasteiger partial charge is 0.317 e. The zero-order valence-corrected chi connectivity index (χ0v) is 16.1. The Morgan fingerprint density at radius 3 is 2.56 bits per heavy atom. The van der Waals surface area contributed by atoms with Crippen LogP contribution in [0, 0.1) is 13.8 Å². The van der Waals surface area contributed by atoms with Crippen molar-refractivity contribution in [2.24, 2.45) is 0 Å². The molecule has 0 saturated heterocycles. The van der Waals surface area contributed by atoms with Crippen LogP contribution in [0.5, 0.6) is 0 Å². The normalized spacial score (nSPS) is 11.4. The van der Waals surface area contributed by atoms with Crippen molar-refractivity contribution in [3.8, 4) is 0 Å². The Balaban J connectivity index is 2.11. The number of nitrogens with zero attached hydrogens (tertiary/aromatic N) is 2. The molecule has 0 atom stereocenters. The van der Waals surface area contributed by atoms with E-state index in [4.69, 9.17) is 5.11 Å². The summed E-state index contributed by atoms with van der Waals surface area (Å²) in [6.07, 6.45) is 0.943. The Bertz CT molecular complexity index is 732. The molecule has 1 N–H and O–H groups in total. The lowest BCUT2D eigenvalue weighted by molar-refractivity contribution is -0.138. The number of carboxylic acids is 1. The number of ketones is 1. The monoisotopic (exact) mass is 362 g/mol. The maximum atomic E-state index is 12.7. The highest BCUT2D eigenvalue weighted by Gasteiger charge is 2.21. The molecule has 6 heteroatoms. The molecule has 25 heavy (non-hydrogen) atoms. The molecule has 0 aliphatic heterocycles. The van der Waals surface area contributed by atoms with E-state index in [1.165, 1.54) is 4.88 Å². The lowest BCUT2D eigenvalue weighted by Gasteiger charge is -2.23. The summed E-state index contributed by atoms with van der Waals surface area (Å²) < 4.78 is 2.17. The minimum atomic E-state index is -0.914. The maximum Gasteiger partial charge on any atom is 0.317 e. The molecule has 0 amide bonds. The van der Waals surface area contributed by atoms with Gasteiger partial charge in [0, 0.05) is 34.4 Å². The average molecular weight is 362 g/mol. The summed E-state index contributed by atoms with van der Waals surface area (Å²) in [5, 5.41) is 11.1. The van der Waals surface area contributed by atoms with E-state index in [9.17, 15) is 9.59 Å². The molecule has 2 aromatic heterocycles. The van der Waals surface area contributed by atoms with Gasteiger partial charge in [0.1, 0.15) is 0 Å². The van der Waals surface area contributed by atoms with Gasteiger partial charge in [-0.15, -0.1) is 11.3 Å². The molecule has 0 saturated carbocycles. The number of aliphatic carboxylic acids is 1. The van der Waals surface area contributed by atoms with Crippen molar-refractivity contribution in [1.29, 1.82) is 0 Å². The van der Waals surface area contributed by atoms with Gasteiger partial charge in [-0.3, -0.25) is 14.5 Å². The van der Waals surface area contributed by atoms with Crippen molar-refractivity contribution >= 4 is 23.1 Å². The number of rotatable bonds is 9. The second-order valence-electron chi connectivity index (χ2n) is 6.58. The van der Waals surface area contributed by atoms with E-state index in [2.05, 4.69) is 16.0 Å². The van der Waals surface area contributed by atoms with Crippen molar-refractivity contribution in [1.82, 2.24) is 9.47 Å². The quantitative estimate of drug-likeness (QED) is 0.695. The summed E-state index contributed by atoms with van der Waals surface area (Å²) in [5.41, 5.74) is 2.71. The molecule has 0 aliphatic rings. The lowest BCUT2D eigenvalue weighted by atomic mass is 10.1. The van der Waals surface area contributed by atoms with Crippen LogP contribution in [0.2, 0.25) is 0 Å². The number of thiophene rings is 1. The first kappa shape index (κ1) is 19.4. The van der Waals surface area contributed by atoms with Gasteiger partial charge >= 0.3 is 5.97 Å². The molecule has 0 bridgehead atoms. The molecule has 0 aliphatic carbocycles. The van der Waals surface area contributed by atoms with Gasteiger partial charge < -0.3 is 9.67 Å². The fraction of sp³-hybridized carbons (Fsp3) is 0.474. The summed E-state index contributed by atoms with van der Waals surface area (Å²) in [6.45, 7) is 8.62. The van der Waals surface area contributed by atoms with Gasteiger partial charge in [0.25, 0.3) is 0 Å². The van der Waals surface area contributed by atoms with Crippen LogP contribution in [0.4, 0.5) is 0 Å². The second kappa shape index (κ2) is 8.45. The minimum Gasteiger partial charge on any atom is -0.480 e. The topological polar surface area (TPSA) is 62.5 Å². The summed E-state index contributed by atoms with van der Waals surface area (Å²) in [5.74, 6) is -0.937. The summed E-state index contributed by atoms with van der Waals surface area (Å²) in [7, 11) is 0. The number of Topliss-reactive ketones (excluding diaryl/α,β-unsaturated/α-hetero) is 1. The number of aromatic nitrogens is 1. The molecule has 2 aromatic rings. The second-order valence-corrected chi connectivity index (χ2v) is 7.61. The van der Waals surface area contributed by atoms with Gasteiger partial charge in [0.15, 0.2) is 5.78 Å². The van der Waals surface area contributed by atoms with E-state index in [1.54, 1.807) is 16.2 Å². The molecule has 2 heterocycles. The Labute approximate surface area is 152 Å². The van der Waals surface area contributed by atoms with Crippen LogP contribution >= 0.6 is 11.3 Å². The van der Waals surface area contributed by atoms with Crippen LogP contribution in [-0.2, 0) is 17.8 Å². The number of carbonyl (C=O) groups is 2. The molecule has 2 rings (SSSR count). The zero-order chi connectivity index (χ0) is 18.6. The number of hydrogen-bond donors (Lipinski definition) is 1. The molecule has 0 spiro atoms. The number of carbonyl (C=O) groups excluding carboxylic acids is 1. The van der Waals surface area contributed by atoms with Gasteiger partial charge in [-0.2, -0.15) is 0 Å². The van der Waals surface area contributed by atoms with Gasteiger partial charge in [0.2, 0.25) is 0 Å². The highest BCUT2D eigenvalue weighted by Crippen LogP contribution is 2.19. The van der Waals surface area contributed by atoms with Gasteiger partial charge in [-0.1, -0.05) is 6.07 Å². The fourth-order valence-corrected chi connectivity index (χ4v) is 3.67. The van der Waals surface area contributed by atoms with Crippen molar-refractivity contribution in [2.45, 2.75) is 46.7 Å². The van der Waals surface area contributed by atoms with Gasteiger partial charge in [0.05, 0.1) is 13.1 Å². The van der Waals surface area contributed by atoms with E-state index >= 15 is 0 Å². The Morgan fingerprint density at radius 1 is 1.28 bits per heavy atom. The van der Waals surface area contributed by atoms with Crippen LogP contribution in [-0.4, -0.2) is 45.5 Å². The van der Waals surface area contributed by atoms with Crippen molar-refractivity contribution in [2.75, 3.05) is 13.1 Å². The maximum absolute atomic E-state index is 12.7. The molecule has 0 fully saturated rings. The van der Waals surface area contributed by atoms with Crippen LogP contribution < -0.4 is 0 Å². The lowest BCUT2D eigenvalue weighted by Crippen LogP contribution is -2.39. The van der Waals surface area contributed by atoms with Crippen molar-refractivity contribution in [3.63, 3.8) is 0 Å². The van der Waals surface area contributed by atoms with E-state index in [-0.39, 0.29) is 24.9 Å². The predicted octanol–water partition coefficient (Wildman–Crippen LogP) is 3.39. The van der Waals surface area contributed by atoms with Crippen LogP contribution in [0.1, 0.15) is 40.5 Å². The molecule has 0 radical (unpaired) electrons. The standard InChI is InChI=1S/C19H26N2O3S/c1-13(2)20(12-19(23)24)11-18(22)17-10-14(3)21(15(17)4)8-7-16-6-5-9-25-16/h5-6,9-10,13H,7-8,11-12H2,1-4H3,(H,23,24). The highest BCUT2D eigenvalue weighted by molar-refractivity contribution is 7.09. The summed E-state index contributed by atoms with van der Waals surface area (Å²) >= 11 is 1.74. The number of aryl methyl sites for hydroxylation is 2. The van der Waals surface area contributed by atoms with E-state index in [0.29, 0.717) is 5.56 Å². The first-order valence-corrected chi connectivity index (χ1v) is 9.35. The van der Waals surface area contributed by atoms with E-state index < -0.39 is 5.97 Å². The van der Waals surface area contributed by atoms with Crippen molar-refractivity contribution in [3.05, 3.63) is 45.4 Å². The van der Waals surface area contributed by atoms with Crippen LogP contribution in [0.15, 0.2) is 23.6 Å². The molecule has 5 nitrogen and oxygen atoms in total. The summed E-state index contributed by atoms with van der Waals surface area (Å²) in [6, 6.07) is 6.10. The third-order valence-electron chi connectivity index (χ3n) is 4.45. The van der Waals surface area contributed by atoms with Crippen LogP contribution in [0.25, 0.3) is 0 Å². The van der Waals surface area contributed by atoms with Gasteiger partial charge in [-0.05, 0) is 51.6 Å². The third-order valence-corrected chi connectivity index (χ3v) is 5.39. The molecule has 0 aromatic carbocycles. The average Bonchev–Trinajstić information content (AvgIpc) is 3.13. The third kappa shape index (κ3) is 5.03. The Morgan fingerprint density at radius 2 is 2.00 bits per heavy atom. The first-order chi connectivity index (χ1) is 11.8. The van der Waals surface area contributed by atoms with E-state index in [0.717, 1.165) is 24.4 Å². The number of hydrogen-bond acceptors (Lipinski definition) is 4. The number of carboxylic acid groups (broad SMARTS) is 1. The Kier molecular flexibility index (Phi) is 6.56. The largest absolute Gasteiger partial charge is 0.480 e. The zero-order valence-electron chi connectivity index (χ0n) is 15.3. The van der Waals surface area contributed by atoms with E-state index in [1.807, 2.05) is 39.8 Å². The van der Waals surface area contributed by atoms with Gasteiger partial charge in [-0.25, -0.2) is 0 Å². The minimum absolute atomic E-state index is 0.00219. The highest BCUT2D eigenvalue weighted by atomic mass is 32.1. The molecular formula is C19H26N2O3S. The van der Waals surface area contributed by atoms with Crippen LogP contribution in [0.3, 0.4) is 0 Å². The molecule has 0 unspecified atom stereocenters. The Hall–Kier alpha value is -1.92. The summed E-state index contributed by atoms with van der Waals surface area (Å²) in [4.78, 5) is 26.7. The molecular weight excluding hydrogens is 336 g/mol. The fourth-order valence-electron chi connectivity index (χ4n) is 2.97. The predicted molar refractivity (Wildman–Crippen MR) is 101 cm³/mol. The SMILES string of the molecule is Cc1cc(C(=O)CN(CC(=O)O)C(C)C)c(C)n1CCc1cccs1. The molecule has 136 valence electrons.